The SMILES string of the molecule is C=C1O/C(=C/c2[nH]cc(C(=O)OCC)c2CC)CC1(C)C. The number of carbonyl (C=O) groups excluding carboxylic acids is 1. The third-order valence-electron chi connectivity index (χ3n) is 3.80. The number of allylic oxidation sites excluding steroid dienone is 2. The average molecular weight is 289 g/mol. The summed E-state index contributed by atoms with van der Waals surface area (Å²) >= 11 is 0. The summed E-state index contributed by atoms with van der Waals surface area (Å²) in [6, 6.07) is 0. The maximum Gasteiger partial charge on any atom is 0.339 e. The lowest BCUT2D eigenvalue weighted by Crippen LogP contribution is -2.06. The number of hydrogen-bond donors (Lipinski definition) is 1. The van der Waals surface area contributed by atoms with Gasteiger partial charge in [0.1, 0.15) is 11.5 Å². The maximum atomic E-state index is 11.9. The van der Waals surface area contributed by atoms with E-state index in [-0.39, 0.29) is 11.4 Å². The van der Waals surface area contributed by atoms with Crippen LogP contribution in [0.4, 0.5) is 0 Å². The van der Waals surface area contributed by atoms with Crippen molar-refractivity contribution in [1.29, 1.82) is 0 Å². The Morgan fingerprint density at radius 3 is 2.76 bits per heavy atom. The Hall–Kier alpha value is -1.97. The number of nitrogens with one attached hydrogen (secondary N) is 1. The van der Waals surface area contributed by atoms with E-state index >= 15 is 0 Å². The van der Waals surface area contributed by atoms with Gasteiger partial charge >= 0.3 is 5.97 Å². The van der Waals surface area contributed by atoms with E-state index in [2.05, 4.69) is 25.4 Å². The van der Waals surface area contributed by atoms with Crippen molar-refractivity contribution >= 4 is 12.0 Å². The Kier molecular flexibility index (Phi) is 4.26. The first-order valence-electron chi connectivity index (χ1n) is 7.34. The second kappa shape index (κ2) is 5.80. The van der Waals surface area contributed by atoms with Crippen LogP contribution in [-0.2, 0) is 15.9 Å². The van der Waals surface area contributed by atoms with E-state index in [4.69, 9.17) is 9.47 Å². The van der Waals surface area contributed by atoms with E-state index in [9.17, 15) is 4.79 Å². The highest BCUT2D eigenvalue weighted by Crippen LogP contribution is 2.42. The largest absolute Gasteiger partial charge is 0.466 e. The van der Waals surface area contributed by atoms with E-state index in [0.717, 1.165) is 35.6 Å². The highest BCUT2D eigenvalue weighted by molar-refractivity contribution is 5.92. The van der Waals surface area contributed by atoms with Crippen LogP contribution in [0.3, 0.4) is 0 Å². The fourth-order valence-corrected chi connectivity index (χ4v) is 2.48. The number of hydrogen-bond acceptors (Lipinski definition) is 3. The minimum absolute atomic E-state index is 0.0468. The molecule has 1 aliphatic heterocycles. The highest BCUT2D eigenvalue weighted by Gasteiger charge is 2.33. The Balaban J connectivity index is 2.30. The molecular formula is C17H23NO3. The molecule has 1 aromatic heterocycles. The number of ether oxygens (including phenoxy) is 2. The van der Waals surface area contributed by atoms with Gasteiger partial charge < -0.3 is 14.5 Å². The number of aromatic amines is 1. The van der Waals surface area contributed by atoms with Gasteiger partial charge in [-0.25, -0.2) is 4.79 Å². The van der Waals surface area contributed by atoms with Gasteiger partial charge in [-0.2, -0.15) is 0 Å². The molecule has 1 N–H and O–H groups in total. The second-order valence-electron chi connectivity index (χ2n) is 5.87. The summed E-state index contributed by atoms with van der Waals surface area (Å²) in [7, 11) is 0. The van der Waals surface area contributed by atoms with Gasteiger partial charge in [-0.1, -0.05) is 27.4 Å². The van der Waals surface area contributed by atoms with E-state index in [1.165, 1.54) is 0 Å². The first-order valence-corrected chi connectivity index (χ1v) is 7.34. The molecule has 0 radical (unpaired) electrons. The van der Waals surface area contributed by atoms with Crippen LogP contribution in [0.25, 0.3) is 6.08 Å². The van der Waals surface area contributed by atoms with Crippen molar-refractivity contribution in [2.45, 2.75) is 40.5 Å². The summed E-state index contributed by atoms with van der Waals surface area (Å²) in [6.07, 6.45) is 5.23. The van der Waals surface area contributed by atoms with Crippen LogP contribution in [-0.4, -0.2) is 17.6 Å². The molecule has 0 aliphatic carbocycles. The van der Waals surface area contributed by atoms with Gasteiger partial charge in [0.05, 0.1) is 12.2 Å². The minimum atomic E-state index is -0.285. The quantitative estimate of drug-likeness (QED) is 0.851. The maximum absolute atomic E-state index is 11.9. The molecule has 2 heterocycles. The van der Waals surface area contributed by atoms with Crippen molar-refractivity contribution in [3.05, 3.63) is 41.1 Å². The summed E-state index contributed by atoms with van der Waals surface area (Å²) in [5.41, 5.74) is 2.41. The molecule has 1 fully saturated rings. The first kappa shape index (κ1) is 15.4. The lowest BCUT2D eigenvalue weighted by atomic mass is 9.89. The van der Waals surface area contributed by atoms with Crippen LogP contribution in [0.5, 0.6) is 0 Å². The summed E-state index contributed by atoms with van der Waals surface area (Å²) in [5.74, 6) is 1.37. The topological polar surface area (TPSA) is 51.3 Å². The van der Waals surface area contributed by atoms with E-state index in [1.54, 1.807) is 13.1 Å². The minimum Gasteiger partial charge on any atom is -0.466 e. The van der Waals surface area contributed by atoms with Crippen LogP contribution >= 0.6 is 0 Å². The zero-order valence-corrected chi connectivity index (χ0v) is 13.2. The molecular weight excluding hydrogens is 266 g/mol. The van der Waals surface area contributed by atoms with Gasteiger partial charge in [0.15, 0.2) is 0 Å². The summed E-state index contributed by atoms with van der Waals surface area (Å²) in [5, 5.41) is 0. The van der Waals surface area contributed by atoms with Crippen molar-refractivity contribution in [3.63, 3.8) is 0 Å². The van der Waals surface area contributed by atoms with Crippen molar-refractivity contribution in [1.82, 2.24) is 4.98 Å². The van der Waals surface area contributed by atoms with Gasteiger partial charge in [-0.05, 0) is 18.9 Å². The number of rotatable bonds is 4. The molecule has 2 rings (SSSR count). The van der Waals surface area contributed by atoms with Crippen molar-refractivity contribution in [3.8, 4) is 0 Å². The molecule has 0 aromatic carbocycles. The molecule has 4 nitrogen and oxygen atoms in total. The molecule has 0 saturated carbocycles. The lowest BCUT2D eigenvalue weighted by Gasteiger charge is -2.12. The predicted molar refractivity (Wildman–Crippen MR) is 82.7 cm³/mol. The van der Waals surface area contributed by atoms with E-state index in [0.29, 0.717) is 12.2 Å². The Bertz CT molecular complexity index is 593. The second-order valence-corrected chi connectivity index (χ2v) is 5.87. The van der Waals surface area contributed by atoms with Crippen LogP contribution in [0.15, 0.2) is 24.3 Å². The summed E-state index contributed by atoms with van der Waals surface area (Å²) in [6.45, 7) is 12.4. The van der Waals surface area contributed by atoms with Gasteiger partial charge in [0, 0.05) is 29.8 Å². The predicted octanol–water partition coefficient (Wildman–Crippen LogP) is 4.05. The van der Waals surface area contributed by atoms with Gasteiger partial charge in [-0.3, -0.25) is 0 Å². The number of aromatic nitrogens is 1. The fourth-order valence-electron chi connectivity index (χ4n) is 2.48. The molecule has 1 aliphatic rings. The molecule has 0 spiro atoms. The van der Waals surface area contributed by atoms with Gasteiger partial charge in [0.25, 0.3) is 0 Å². The van der Waals surface area contributed by atoms with E-state index < -0.39 is 0 Å². The standard InChI is InChI=1S/C17H23NO3/c1-6-13-14(16(19)20-7-2)10-18-15(13)8-12-9-17(4,5)11(3)21-12/h8,10,18H,3,6-7,9H2,1-2,4-5H3/b12-8+. The van der Waals surface area contributed by atoms with Crippen LogP contribution in [0.2, 0.25) is 0 Å². The van der Waals surface area contributed by atoms with Crippen LogP contribution in [0, 0.1) is 5.41 Å². The highest BCUT2D eigenvalue weighted by atomic mass is 16.5. The molecule has 21 heavy (non-hydrogen) atoms. The fraction of sp³-hybridized carbons (Fsp3) is 0.471. The molecule has 1 saturated heterocycles. The lowest BCUT2D eigenvalue weighted by molar-refractivity contribution is 0.0525. The van der Waals surface area contributed by atoms with Gasteiger partial charge in [0.2, 0.25) is 0 Å². The molecule has 114 valence electrons. The molecule has 0 atom stereocenters. The number of carbonyl (C=O) groups is 1. The Morgan fingerprint density at radius 1 is 1.52 bits per heavy atom. The number of H-pyrrole nitrogens is 1. The first-order chi connectivity index (χ1) is 9.89. The Morgan fingerprint density at radius 2 is 2.24 bits per heavy atom. The molecule has 1 aromatic rings. The van der Waals surface area contributed by atoms with Crippen LogP contribution in [0.1, 0.15) is 55.7 Å². The molecule has 4 heteroatoms. The number of esters is 1. The van der Waals surface area contributed by atoms with Gasteiger partial charge in [-0.15, -0.1) is 0 Å². The third kappa shape index (κ3) is 3.04. The summed E-state index contributed by atoms with van der Waals surface area (Å²) < 4.78 is 10.8. The summed E-state index contributed by atoms with van der Waals surface area (Å²) in [4.78, 5) is 15.1. The third-order valence-corrected chi connectivity index (χ3v) is 3.80. The molecule has 0 bridgehead atoms. The average Bonchev–Trinajstić information content (AvgIpc) is 2.91. The van der Waals surface area contributed by atoms with Crippen molar-refractivity contribution in [2.24, 2.45) is 5.41 Å². The monoisotopic (exact) mass is 289 g/mol. The van der Waals surface area contributed by atoms with Crippen molar-refractivity contribution in [2.75, 3.05) is 6.61 Å². The van der Waals surface area contributed by atoms with Crippen LogP contribution < -0.4 is 0 Å². The van der Waals surface area contributed by atoms with E-state index in [1.807, 2.05) is 13.0 Å². The Labute approximate surface area is 125 Å². The molecule has 0 unspecified atom stereocenters. The molecule has 0 amide bonds. The smallest absolute Gasteiger partial charge is 0.339 e. The van der Waals surface area contributed by atoms with Crippen molar-refractivity contribution < 1.29 is 14.3 Å². The normalized spacial score (nSPS) is 18.9. The zero-order valence-electron chi connectivity index (χ0n) is 13.2. The zero-order chi connectivity index (χ0) is 15.6.